The number of aromatic nitrogens is 1. The molecule has 1 aromatic carbocycles. The predicted octanol–water partition coefficient (Wildman–Crippen LogP) is 4.22. The van der Waals surface area contributed by atoms with E-state index >= 15 is 0 Å². The van der Waals surface area contributed by atoms with Gasteiger partial charge in [-0.2, -0.15) is 0 Å². The van der Waals surface area contributed by atoms with Gasteiger partial charge in [0.15, 0.2) is 0 Å². The minimum Gasteiger partial charge on any atom is -0.455 e. The molecular formula is C16H19BrN2O. The third kappa shape index (κ3) is 4.05. The highest BCUT2D eigenvalue weighted by atomic mass is 79.9. The number of pyridine rings is 1. The second-order valence-electron chi connectivity index (χ2n) is 4.86. The molecule has 1 atom stereocenters. The van der Waals surface area contributed by atoms with E-state index in [-0.39, 0.29) is 6.04 Å². The zero-order valence-corrected chi connectivity index (χ0v) is 13.4. The van der Waals surface area contributed by atoms with Crippen LogP contribution in [0.3, 0.4) is 0 Å². The van der Waals surface area contributed by atoms with Crippen molar-refractivity contribution in [3.05, 3.63) is 52.3 Å². The number of benzene rings is 1. The summed E-state index contributed by atoms with van der Waals surface area (Å²) in [5.41, 5.74) is 8.13. The molecule has 1 aromatic heterocycles. The fourth-order valence-corrected chi connectivity index (χ4v) is 2.20. The van der Waals surface area contributed by atoms with Gasteiger partial charge in [-0.3, -0.25) is 4.98 Å². The van der Waals surface area contributed by atoms with Crippen molar-refractivity contribution in [1.82, 2.24) is 4.98 Å². The Bertz CT molecular complexity index is 569. The molecule has 0 aliphatic rings. The highest BCUT2D eigenvalue weighted by Gasteiger charge is 2.10. The second kappa shape index (κ2) is 6.86. The number of halogens is 1. The minimum atomic E-state index is 0.148. The molecule has 20 heavy (non-hydrogen) atoms. The van der Waals surface area contributed by atoms with Crippen LogP contribution in [0.2, 0.25) is 0 Å². The molecule has 0 bridgehead atoms. The van der Waals surface area contributed by atoms with E-state index in [0.29, 0.717) is 0 Å². The molecule has 0 saturated carbocycles. The number of nitrogens with zero attached hydrogens (tertiary/aromatic N) is 1. The molecule has 3 nitrogen and oxygen atoms in total. The maximum absolute atomic E-state index is 6.05. The number of aryl methyl sites for hydroxylation is 1. The lowest BCUT2D eigenvalue weighted by molar-refractivity contribution is 0.469. The van der Waals surface area contributed by atoms with Crippen molar-refractivity contribution in [2.24, 2.45) is 5.73 Å². The van der Waals surface area contributed by atoms with Crippen molar-refractivity contribution < 1.29 is 4.74 Å². The summed E-state index contributed by atoms with van der Waals surface area (Å²) < 4.78 is 6.93. The van der Waals surface area contributed by atoms with Crippen LogP contribution in [0.15, 0.2) is 41.0 Å². The Labute approximate surface area is 128 Å². The van der Waals surface area contributed by atoms with Crippen LogP contribution in [0, 0.1) is 6.92 Å². The van der Waals surface area contributed by atoms with Gasteiger partial charge in [-0.25, -0.2) is 0 Å². The molecule has 0 radical (unpaired) electrons. The Morgan fingerprint density at radius 2 is 2.10 bits per heavy atom. The van der Waals surface area contributed by atoms with Gasteiger partial charge < -0.3 is 10.5 Å². The molecule has 0 saturated heterocycles. The Kier molecular flexibility index (Phi) is 5.15. The topological polar surface area (TPSA) is 48.1 Å². The smallest absolute Gasteiger partial charge is 0.145 e. The summed E-state index contributed by atoms with van der Waals surface area (Å²) in [5, 5.41) is 0. The van der Waals surface area contributed by atoms with E-state index in [2.05, 4.69) is 33.9 Å². The third-order valence-electron chi connectivity index (χ3n) is 3.15. The zero-order chi connectivity index (χ0) is 14.5. The van der Waals surface area contributed by atoms with Crippen LogP contribution in [0.5, 0.6) is 11.5 Å². The first kappa shape index (κ1) is 15.0. The maximum atomic E-state index is 6.05. The molecule has 0 aliphatic carbocycles. The van der Waals surface area contributed by atoms with Crippen LogP contribution < -0.4 is 10.5 Å². The Balaban J connectivity index is 2.24. The van der Waals surface area contributed by atoms with Crippen molar-refractivity contribution >= 4 is 15.9 Å². The number of nitrogens with two attached hydrogens (primary N) is 1. The SMILES string of the molecule is CCC(N)Cc1ccc(Br)cc1Oc1ccc(C)nc1. The molecule has 0 amide bonds. The number of ether oxygens (including phenoxy) is 1. The first-order chi connectivity index (χ1) is 9.58. The largest absolute Gasteiger partial charge is 0.455 e. The van der Waals surface area contributed by atoms with E-state index in [1.165, 1.54) is 0 Å². The molecule has 2 aromatic rings. The van der Waals surface area contributed by atoms with Crippen LogP contribution in [0.4, 0.5) is 0 Å². The van der Waals surface area contributed by atoms with Gasteiger partial charge >= 0.3 is 0 Å². The Hall–Kier alpha value is -1.39. The van der Waals surface area contributed by atoms with Crippen LogP contribution in [0.25, 0.3) is 0 Å². The summed E-state index contributed by atoms with van der Waals surface area (Å²) in [6, 6.07) is 10.0. The van der Waals surface area contributed by atoms with E-state index in [9.17, 15) is 0 Å². The highest BCUT2D eigenvalue weighted by Crippen LogP contribution is 2.29. The van der Waals surface area contributed by atoms with Crippen LogP contribution in [-0.4, -0.2) is 11.0 Å². The number of hydrogen-bond donors (Lipinski definition) is 1. The fraction of sp³-hybridized carbons (Fsp3) is 0.312. The van der Waals surface area contributed by atoms with E-state index in [1.807, 2.05) is 31.2 Å². The first-order valence-electron chi connectivity index (χ1n) is 6.73. The van der Waals surface area contributed by atoms with Crippen molar-refractivity contribution in [3.8, 4) is 11.5 Å². The lowest BCUT2D eigenvalue weighted by Gasteiger charge is -2.14. The summed E-state index contributed by atoms with van der Waals surface area (Å²) in [7, 11) is 0. The molecule has 0 spiro atoms. The van der Waals surface area contributed by atoms with Gasteiger partial charge in [0.25, 0.3) is 0 Å². The lowest BCUT2D eigenvalue weighted by atomic mass is 10.0. The summed E-state index contributed by atoms with van der Waals surface area (Å²) in [5.74, 6) is 1.56. The van der Waals surface area contributed by atoms with E-state index in [0.717, 1.165) is 40.1 Å². The minimum absolute atomic E-state index is 0.148. The first-order valence-corrected chi connectivity index (χ1v) is 7.52. The molecular weight excluding hydrogens is 316 g/mol. The van der Waals surface area contributed by atoms with Gasteiger partial charge in [0.05, 0.1) is 6.20 Å². The monoisotopic (exact) mass is 334 g/mol. The summed E-state index contributed by atoms with van der Waals surface area (Å²) in [6.45, 7) is 4.04. The van der Waals surface area contributed by atoms with Gasteiger partial charge in [0.2, 0.25) is 0 Å². The van der Waals surface area contributed by atoms with E-state index < -0.39 is 0 Å². The predicted molar refractivity (Wildman–Crippen MR) is 85.2 cm³/mol. The van der Waals surface area contributed by atoms with Crippen LogP contribution in [0.1, 0.15) is 24.6 Å². The quantitative estimate of drug-likeness (QED) is 0.890. The summed E-state index contributed by atoms with van der Waals surface area (Å²) >= 11 is 3.48. The fourth-order valence-electron chi connectivity index (χ4n) is 1.86. The number of rotatable bonds is 5. The van der Waals surface area contributed by atoms with Crippen LogP contribution >= 0.6 is 15.9 Å². The van der Waals surface area contributed by atoms with Crippen molar-refractivity contribution in [2.75, 3.05) is 0 Å². The summed E-state index contributed by atoms with van der Waals surface area (Å²) in [6.07, 6.45) is 3.49. The van der Waals surface area contributed by atoms with Gasteiger partial charge in [-0.05, 0) is 49.6 Å². The third-order valence-corrected chi connectivity index (χ3v) is 3.64. The summed E-state index contributed by atoms with van der Waals surface area (Å²) in [4.78, 5) is 4.24. The Morgan fingerprint density at radius 1 is 1.30 bits per heavy atom. The highest BCUT2D eigenvalue weighted by molar-refractivity contribution is 9.10. The average molecular weight is 335 g/mol. The molecule has 106 valence electrons. The number of hydrogen-bond acceptors (Lipinski definition) is 3. The van der Waals surface area contributed by atoms with Crippen molar-refractivity contribution in [2.45, 2.75) is 32.7 Å². The van der Waals surface area contributed by atoms with Crippen molar-refractivity contribution in [1.29, 1.82) is 0 Å². The van der Waals surface area contributed by atoms with Crippen LogP contribution in [-0.2, 0) is 6.42 Å². The molecule has 0 fully saturated rings. The molecule has 2 N–H and O–H groups in total. The van der Waals surface area contributed by atoms with E-state index in [4.69, 9.17) is 10.5 Å². The maximum Gasteiger partial charge on any atom is 0.145 e. The molecule has 0 aliphatic heterocycles. The van der Waals surface area contributed by atoms with E-state index in [1.54, 1.807) is 6.20 Å². The average Bonchev–Trinajstić information content (AvgIpc) is 2.44. The molecule has 4 heteroatoms. The molecule has 2 rings (SSSR count). The normalized spacial score (nSPS) is 12.2. The molecule has 1 heterocycles. The standard InChI is InChI=1S/C16H19BrN2O/c1-3-14(18)8-12-5-6-13(17)9-16(12)20-15-7-4-11(2)19-10-15/h4-7,9-10,14H,3,8,18H2,1-2H3. The van der Waals surface area contributed by atoms with Gasteiger partial charge in [0.1, 0.15) is 11.5 Å². The van der Waals surface area contributed by atoms with Gasteiger partial charge in [-0.15, -0.1) is 0 Å². The Morgan fingerprint density at radius 3 is 2.75 bits per heavy atom. The molecule has 1 unspecified atom stereocenters. The lowest BCUT2D eigenvalue weighted by Crippen LogP contribution is -2.21. The van der Waals surface area contributed by atoms with Gasteiger partial charge in [-0.1, -0.05) is 28.9 Å². The van der Waals surface area contributed by atoms with Gasteiger partial charge in [0, 0.05) is 16.2 Å². The van der Waals surface area contributed by atoms with Crippen molar-refractivity contribution in [3.63, 3.8) is 0 Å². The second-order valence-corrected chi connectivity index (χ2v) is 5.78. The zero-order valence-electron chi connectivity index (χ0n) is 11.8.